The number of anilines is 1. The SMILES string of the molecule is N#Cc1cccc(-c2ccc3c4ccccc4n(-c4cccc5c4C(=O)N(c4ccc(-c6ccccc6)cc4-c4ccccc4)C5=O)c3c2)c1. The Labute approximate surface area is 288 Å². The van der Waals surface area contributed by atoms with Crippen LogP contribution in [0.15, 0.2) is 164 Å². The van der Waals surface area contributed by atoms with Crippen LogP contribution in [0.2, 0.25) is 0 Å². The van der Waals surface area contributed by atoms with Crippen molar-refractivity contribution >= 4 is 39.3 Å². The van der Waals surface area contributed by atoms with E-state index >= 15 is 0 Å². The molecule has 50 heavy (non-hydrogen) atoms. The number of carbonyl (C=O) groups excluding carboxylic acids is 2. The molecule has 2 amide bonds. The van der Waals surface area contributed by atoms with Crippen LogP contribution in [0.5, 0.6) is 0 Å². The van der Waals surface area contributed by atoms with E-state index in [0.717, 1.165) is 55.2 Å². The third kappa shape index (κ3) is 4.55. The smallest absolute Gasteiger partial charge is 0.268 e. The van der Waals surface area contributed by atoms with Gasteiger partial charge < -0.3 is 4.57 Å². The minimum absolute atomic E-state index is 0.355. The summed E-state index contributed by atoms with van der Waals surface area (Å²) in [6.45, 7) is 0. The number of para-hydroxylation sites is 1. The highest BCUT2D eigenvalue weighted by Crippen LogP contribution is 2.42. The summed E-state index contributed by atoms with van der Waals surface area (Å²) in [7, 11) is 0. The third-order valence-electron chi connectivity index (χ3n) is 9.56. The van der Waals surface area contributed by atoms with Gasteiger partial charge in [-0.1, -0.05) is 115 Å². The molecule has 1 aromatic heterocycles. The molecule has 5 nitrogen and oxygen atoms in total. The quantitative estimate of drug-likeness (QED) is 0.176. The fourth-order valence-corrected chi connectivity index (χ4v) is 7.24. The fourth-order valence-electron chi connectivity index (χ4n) is 7.24. The number of nitrogens with zero attached hydrogens (tertiary/aromatic N) is 3. The number of nitriles is 1. The van der Waals surface area contributed by atoms with E-state index in [2.05, 4.69) is 53.1 Å². The maximum atomic E-state index is 14.8. The van der Waals surface area contributed by atoms with E-state index < -0.39 is 0 Å². The normalized spacial score (nSPS) is 12.4. The lowest BCUT2D eigenvalue weighted by molar-refractivity contribution is 0.0926. The first-order valence-electron chi connectivity index (χ1n) is 16.4. The van der Waals surface area contributed by atoms with Crippen molar-refractivity contribution in [2.45, 2.75) is 0 Å². The lowest BCUT2D eigenvalue weighted by Crippen LogP contribution is -2.30. The van der Waals surface area contributed by atoms with Gasteiger partial charge in [-0.25, -0.2) is 4.90 Å². The molecule has 0 saturated carbocycles. The van der Waals surface area contributed by atoms with Gasteiger partial charge >= 0.3 is 0 Å². The Kier molecular flexibility index (Phi) is 6.75. The molecule has 0 unspecified atom stereocenters. The topological polar surface area (TPSA) is 66.1 Å². The van der Waals surface area contributed by atoms with Crippen molar-refractivity contribution in [2.24, 2.45) is 0 Å². The number of benzene rings is 7. The summed E-state index contributed by atoms with van der Waals surface area (Å²) in [5.41, 5.74) is 9.92. The molecule has 0 saturated heterocycles. The summed E-state index contributed by atoms with van der Waals surface area (Å²) in [6, 6.07) is 55.5. The Balaban J connectivity index is 1.24. The van der Waals surface area contributed by atoms with Gasteiger partial charge in [0.15, 0.2) is 0 Å². The number of fused-ring (bicyclic) bond motifs is 4. The second kappa shape index (κ2) is 11.6. The summed E-state index contributed by atoms with van der Waals surface area (Å²) < 4.78 is 2.09. The molecule has 234 valence electrons. The minimum atomic E-state index is -0.367. The fraction of sp³-hybridized carbons (Fsp3) is 0. The van der Waals surface area contributed by atoms with Gasteiger partial charge in [0.05, 0.1) is 45.2 Å². The molecule has 7 aromatic carbocycles. The number of hydrogen-bond donors (Lipinski definition) is 0. The molecule has 0 atom stereocenters. The zero-order valence-corrected chi connectivity index (χ0v) is 26.7. The van der Waals surface area contributed by atoms with E-state index in [1.54, 1.807) is 12.1 Å². The van der Waals surface area contributed by atoms with Crippen LogP contribution < -0.4 is 4.90 Å². The van der Waals surface area contributed by atoms with Gasteiger partial charge in [0, 0.05) is 16.3 Å². The van der Waals surface area contributed by atoms with Crippen molar-refractivity contribution in [3.05, 3.63) is 180 Å². The number of hydrogen-bond acceptors (Lipinski definition) is 3. The molecule has 0 spiro atoms. The van der Waals surface area contributed by atoms with Crippen molar-refractivity contribution in [2.75, 3.05) is 4.90 Å². The minimum Gasteiger partial charge on any atom is -0.308 e. The van der Waals surface area contributed by atoms with Crippen molar-refractivity contribution in [1.29, 1.82) is 5.26 Å². The molecule has 0 N–H and O–H groups in total. The molecular weight excluding hydrogens is 615 g/mol. The standard InChI is InChI=1S/C45H27N3O2/c46-28-29-11-9-16-32(25-29)34-21-23-36-35-17-7-8-19-39(35)47(42(36)27-34)41-20-10-18-37-43(41)45(50)48(44(37)49)40-24-22-33(30-12-3-1-4-13-30)26-38(40)31-14-5-2-6-15-31/h1-27H. The van der Waals surface area contributed by atoms with Crippen LogP contribution in [-0.2, 0) is 0 Å². The van der Waals surface area contributed by atoms with E-state index in [9.17, 15) is 14.9 Å². The van der Waals surface area contributed by atoms with Crippen molar-refractivity contribution in [3.63, 3.8) is 0 Å². The van der Waals surface area contributed by atoms with Gasteiger partial charge in [0.2, 0.25) is 0 Å². The molecule has 5 heteroatoms. The van der Waals surface area contributed by atoms with Crippen LogP contribution in [0.25, 0.3) is 60.9 Å². The summed E-state index contributed by atoms with van der Waals surface area (Å²) in [4.78, 5) is 30.4. The number of imide groups is 1. The monoisotopic (exact) mass is 641 g/mol. The Morgan fingerprint density at radius 1 is 0.440 bits per heavy atom. The first kappa shape index (κ1) is 29.1. The Hall–Kier alpha value is -7.03. The van der Waals surface area contributed by atoms with Gasteiger partial charge in [-0.15, -0.1) is 0 Å². The largest absolute Gasteiger partial charge is 0.308 e. The van der Waals surface area contributed by atoms with Crippen molar-refractivity contribution in [3.8, 4) is 45.1 Å². The first-order chi connectivity index (χ1) is 24.6. The molecule has 1 aliphatic heterocycles. The molecule has 0 radical (unpaired) electrons. The zero-order chi connectivity index (χ0) is 33.8. The van der Waals surface area contributed by atoms with Gasteiger partial charge in [-0.05, 0) is 76.3 Å². The maximum Gasteiger partial charge on any atom is 0.268 e. The van der Waals surface area contributed by atoms with E-state index in [0.29, 0.717) is 28.1 Å². The molecule has 9 rings (SSSR count). The number of amides is 2. The Bertz CT molecular complexity index is 2700. The van der Waals surface area contributed by atoms with Crippen LogP contribution in [0.1, 0.15) is 26.3 Å². The molecule has 0 fully saturated rings. The van der Waals surface area contributed by atoms with E-state index in [1.807, 2.05) is 109 Å². The molecule has 0 bridgehead atoms. The van der Waals surface area contributed by atoms with E-state index in [1.165, 1.54) is 4.90 Å². The highest BCUT2D eigenvalue weighted by atomic mass is 16.2. The van der Waals surface area contributed by atoms with Gasteiger partial charge in [0.25, 0.3) is 11.8 Å². The lowest BCUT2D eigenvalue weighted by Gasteiger charge is -2.20. The van der Waals surface area contributed by atoms with E-state index in [4.69, 9.17) is 0 Å². The summed E-state index contributed by atoms with van der Waals surface area (Å²) in [6.07, 6.45) is 0. The summed E-state index contributed by atoms with van der Waals surface area (Å²) in [5.74, 6) is -0.722. The van der Waals surface area contributed by atoms with Crippen LogP contribution in [0, 0.1) is 11.3 Å². The molecular formula is C45H27N3O2. The van der Waals surface area contributed by atoms with Crippen molar-refractivity contribution in [1.82, 2.24) is 4.57 Å². The predicted molar refractivity (Wildman–Crippen MR) is 199 cm³/mol. The van der Waals surface area contributed by atoms with E-state index in [-0.39, 0.29) is 11.8 Å². The van der Waals surface area contributed by atoms with Crippen LogP contribution in [0.4, 0.5) is 5.69 Å². The highest BCUT2D eigenvalue weighted by molar-refractivity contribution is 6.36. The number of rotatable bonds is 5. The second-order valence-electron chi connectivity index (χ2n) is 12.4. The Morgan fingerprint density at radius 2 is 1.08 bits per heavy atom. The van der Waals surface area contributed by atoms with Gasteiger partial charge in [-0.3, -0.25) is 9.59 Å². The maximum absolute atomic E-state index is 14.8. The average molecular weight is 642 g/mol. The zero-order valence-electron chi connectivity index (χ0n) is 26.7. The lowest BCUT2D eigenvalue weighted by atomic mass is 9.97. The predicted octanol–water partition coefficient (Wildman–Crippen LogP) is 10.5. The number of aromatic nitrogens is 1. The van der Waals surface area contributed by atoms with Gasteiger partial charge in [0.1, 0.15) is 0 Å². The first-order valence-corrected chi connectivity index (χ1v) is 16.4. The van der Waals surface area contributed by atoms with Crippen LogP contribution in [-0.4, -0.2) is 16.4 Å². The molecule has 2 heterocycles. The highest BCUT2D eigenvalue weighted by Gasteiger charge is 2.40. The summed E-state index contributed by atoms with van der Waals surface area (Å²) >= 11 is 0. The third-order valence-corrected chi connectivity index (χ3v) is 9.56. The molecule has 1 aliphatic rings. The Morgan fingerprint density at radius 3 is 1.88 bits per heavy atom. The number of carbonyl (C=O) groups is 2. The summed E-state index contributed by atoms with van der Waals surface area (Å²) in [5, 5.41) is 11.6. The second-order valence-corrected chi connectivity index (χ2v) is 12.4. The van der Waals surface area contributed by atoms with Crippen LogP contribution >= 0.6 is 0 Å². The molecule has 8 aromatic rings. The molecule has 0 aliphatic carbocycles. The van der Waals surface area contributed by atoms with Gasteiger partial charge in [-0.2, -0.15) is 5.26 Å². The van der Waals surface area contributed by atoms with Crippen LogP contribution in [0.3, 0.4) is 0 Å². The average Bonchev–Trinajstić information content (AvgIpc) is 3.65. The van der Waals surface area contributed by atoms with Crippen molar-refractivity contribution < 1.29 is 9.59 Å².